The van der Waals surface area contributed by atoms with Crippen LogP contribution in [0.4, 0.5) is 5.69 Å². The highest BCUT2D eigenvalue weighted by molar-refractivity contribution is 7.99. The number of rotatable bonds is 7. The summed E-state index contributed by atoms with van der Waals surface area (Å²) in [5.74, 6) is 0.381. The number of hydrogen-bond donors (Lipinski definition) is 2. The second kappa shape index (κ2) is 7.64. The average molecular weight is 378 g/mol. The fraction of sp³-hybridized carbons (Fsp3) is 0.263. The lowest BCUT2D eigenvalue weighted by atomic mass is 10.0. The van der Waals surface area contributed by atoms with E-state index >= 15 is 0 Å². The van der Waals surface area contributed by atoms with E-state index in [0.717, 1.165) is 10.5 Å². The van der Waals surface area contributed by atoms with Gasteiger partial charge in [-0.05, 0) is 50.6 Å². The molecule has 0 spiro atoms. The molecule has 1 atom stereocenters. The molecule has 0 saturated carbocycles. The third kappa shape index (κ3) is 5.11. The van der Waals surface area contributed by atoms with Gasteiger partial charge in [-0.1, -0.05) is 36.4 Å². The molecule has 2 aromatic rings. The molecule has 0 aliphatic carbocycles. The van der Waals surface area contributed by atoms with Crippen LogP contribution in [0, 0.1) is 6.92 Å². The molecule has 0 aliphatic rings. The van der Waals surface area contributed by atoms with Crippen molar-refractivity contribution in [3.8, 4) is 0 Å². The molecule has 0 amide bonds. The van der Waals surface area contributed by atoms with E-state index < -0.39 is 15.6 Å². The Morgan fingerprint density at radius 2 is 1.80 bits per heavy atom. The van der Waals surface area contributed by atoms with Crippen molar-refractivity contribution < 1.29 is 13.5 Å². The van der Waals surface area contributed by atoms with Gasteiger partial charge in [0.1, 0.15) is 0 Å². The molecule has 2 rings (SSSR count). The van der Waals surface area contributed by atoms with Gasteiger partial charge in [0.2, 0.25) is 0 Å². The van der Waals surface area contributed by atoms with Gasteiger partial charge in [-0.15, -0.1) is 11.8 Å². The Labute approximate surface area is 154 Å². The number of para-hydroxylation sites is 1. The summed E-state index contributed by atoms with van der Waals surface area (Å²) in [5.41, 5.74) is 1.13. The Morgan fingerprint density at radius 3 is 2.40 bits per heavy atom. The highest BCUT2D eigenvalue weighted by Crippen LogP contribution is 2.32. The standard InChI is InChI=1S/C19H23NO3S2/c1-14(2)19(4,21)13-24-18-8-6-5-7-17(18)20-25(22,23)16-11-9-15(3)10-12-16/h5-12,20-21H,1,13H2,2-4H3. The Kier molecular flexibility index (Phi) is 5.98. The largest absolute Gasteiger partial charge is 0.385 e. The summed E-state index contributed by atoms with van der Waals surface area (Å²) in [5, 5.41) is 10.3. The molecule has 0 aromatic heterocycles. The summed E-state index contributed by atoms with van der Waals surface area (Å²) in [6, 6.07) is 13.8. The van der Waals surface area contributed by atoms with Gasteiger partial charge in [-0.2, -0.15) is 0 Å². The second-order valence-corrected chi connectivity index (χ2v) is 8.96. The SMILES string of the molecule is C=C(C)C(C)(O)CSc1ccccc1NS(=O)(=O)c1ccc(C)cc1. The zero-order valence-corrected chi connectivity index (χ0v) is 16.2. The highest BCUT2D eigenvalue weighted by Gasteiger charge is 2.23. The predicted octanol–water partition coefficient (Wildman–Crippen LogP) is 4.22. The summed E-state index contributed by atoms with van der Waals surface area (Å²) >= 11 is 1.38. The van der Waals surface area contributed by atoms with Crippen LogP contribution in [0.15, 0.2) is 70.5 Å². The van der Waals surface area contributed by atoms with Crippen LogP contribution in [0.5, 0.6) is 0 Å². The molecule has 0 fully saturated rings. The van der Waals surface area contributed by atoms with E-state index in [4.69, 9.17) is 0 Å². The zero-order chi connectivity index (χ0) is 18.7. The molecule has 2 N–H and O–H groups in total. The van der Waals surface area contributed by atoms with Gasteiger partial charge in [0, 0.05) is 10.6 Å². The maximum atomic E-state index is 12.6. The van der Waals surface area contributed by atoms with E-state index in [1.807, 2.05) is 19.1 Å². The van der Waals surface area contributed by atoms with Crippen molar-refractivity contribution in [1.82, 2.24) is 0 Å². The van der Waals surface area contributed by atoms with Crippen molar-refractivity contribution in [2.75, 3.05) is 10.5 Å². The van der Waals surface area contributed by atoms with Crippen LogP contribution in [0.25, 0.3) is 0 Å². The quantitative estimate of drug-likeness (QED) is 0.560. The minimum atomic E-state index is -3.67. The van der Waals surface area contributed by atoms with E-state index in [9.17, 15) is 13.5 Å². The first-order valence-electron chi connectivity index (χ1n) is 7.81. The monoisotopic (exact) mass is 377 g/mol. The van der Waals surface area contributed by atoms with Gasteiger partial charge >= 0.3 is 0 Å². The lowest BCUT2D eigenvalue weighted by Gasteiger charge is -2.23. The normalized spacial score (nSPS) is 13.9. The fourth-order valence-electron chi connectivity index (χ4n) is 1.94. The first kappa shape index (κ1) is 19.6. The summed E-state index contributed by atoms with van der Waals surface area (Å²) in [4.78, 5) is 0.964. The molecular formula is C19H23NO3S2. The van der Waals surface area contributed by atoms with Crippen LogP contribution in [-0.2, 0) is 10.0 Å². The van der Waals surface area contributed by atoms with Crippen LogP contribution < -0.4 is 4.72 Å². The molecule has 134 valence electrons. The Morgan fingerprint density at radius 1 is 1.20 bits per heavy atom. The molecule has 0 aliphatic heterocycles. The lowest BCUT2D eigenvalue weighted by molar-refractivity contribution is 0.125. The van der Waals surface area contributed by atoms with Crippen LogP contribution >= 0.6 is 11.8 Å². The van der Waals surface area contributed by atoms with Gasteiger partial charge in [-0.3, -0.25) is 4.72 Å². The molecule has 0 saturated heterocycles. The van der Waals surface area contributed by atoms with E-state index in [2.05, 4.69) is 11.3 Å². The maximum absolute atomic E-state index is 12.6. The number of nitrogens with one attached hydrogen (secondary N) is 1. The lowest BCUT2D eigenvalue weighted by Crippen LogP contribution is -2.28. The maximum Gasteiger partial charge on any atom is 0.261 e. The van der Waals surface area contributed by atoms with Crippen molar-refractivity contribution in [1.29, 1.82) is 0 Å². The van der Waals surface area contributed by atoms with Crippen molar-refractivity contribution in [3.05, 3.63) is 66.2 Å². The number of hydrogen-bond acceptors (Lipinski definition) is 4. The number of thioether (sulfide) groups is 1. The fourth-order valence-corrected chi connectivity index (χ4v) is 4.22. The Balaban J connectivity index is 2.23. The van der Waals surface area contributed by atoms with E-state index in [-0.39, 0.29) is 4.90 Å². The van der Waals surface area contributed by atoms with Gasteiger partial charge < -0.3 is 5.11 Å². The van der Waals surface area contributed by atoms with Gasteiger partial charge in [0.05, 0.1) is 16.2 Å². The van der Waals surface area contributed by atoms with E-state index in [1.165, 1.54) is 11.8 Å². The molecule has 0 heterocycles. The minimum Gasteiger partial charge on any atom is -0.385 e. The topological polar surface area (TPSA) is 66.4 Å². The number of sulfonamides is 1. The molecule has 0 radical (unpaired) electrons. The van der Waals surface area contributed by atoms with Crippen LogP contribution in [0.3, 0.4) is 0 Å². The van der Waals surface area contributed by atoms with Gasteiger partial charge in [-0.25, -0.2) is 8.42 Å². The second-order valence-electron chi connectivity index (χ2n) is 6.26. The summed E-state index contributed by atoms with van der Waals surface area (Å²) < 4.78 is 27.8. The third-order valence-electron chi connectivity index (χ3n) is 3.89. The van der Waals surface area contributed by atoms with Crippen molar-refractivity contribution in [2.24, 2.45) is 0 Å². The average Bonchev–Trinajstić information content (AvgIpc) is 2.54. The molecule has 2 aromatic carbocycles. The molecular weight excluding hydrogens is 354 g/mol. The van der Waals surface area contributed by atoms with Crippen molar-refractivity contribution in [3.63, 3.8) is 0 Å². The number of aryl methyl sites for hydroxylation is 1. The minimum absolute atomic E-state index is 0.215. The smallest absolute Gasteiger partial charge is 0.261 e. The first-order valence-corrected chi connectivity index (χ1v) is 10.3. The summed E-state index contributed by atoms with van der Waals surface area (Å²) in [6.07, 6.45) is 0. The van der Waals surface area contributed by atoms with Gasteiger partial charge in [0.25, 0.3) is 10.0 Å². The van der Waals surface area contributed by atoms with E-state index in [1.54, 1.807) is 50.2 Å². The summed E-state index contributed by atoms with van der Waals surface area (Å²) in [7, 11) is -3.67. The number of anilines is 1. The molecule has 1 unspecified atom stereocenters. The third-order valence-corrected chi connectivity index (χ3v) is 6.65. The Bertz CT molecular complexity index is 856. The van der Waals surface area contributed by atoms with Crippen molar-refractivity contribution in [2.45, 2.75) is 36.2 Å². The first-order chi connectivity index (χ1) is 11.6. The predicted molar refractivity (Wildman–Crippen MR) is 105 cm³/mol. The van der Waals surface area contributed by atoms with Crippen LogP contribution in [-0.4, -0.2) is 24.9 Å². The van der Waals surface area contributed by atoms with Crippen molar-refractivity contribution >= 4 is 27.5 Å². The molecule has 0 bridgehead atoms. The Hall–Kier alpha value is -1.76. The molecule has 25 heavy (non-hydrogen) atoms. The van der Waals surface area contributed by atoms with Crippen LogP contribution in [0.1, 0.15) is 19.4 Å². The summed E-state index contributed by atoms with van der Waals surface area (Å²) in [6.45, 7) is 9.17. The van der Waals surface area contributed by atoms with Crippen LogP contribution in [0.2, 0.25) is 0 Å². The number of aliphatic hydroxyl groups is 1. The van der Waals surface area contributed by atoms with E-state index in [0.29, 0.717) is 17.0 Å². The van der Waals surface area contributed by atoms with Gasteiger partial charge in [0.15, 0.2) is 0 Å². The highest BCUT2D eigenvalue weighted by atomic mass is 32.2. The molecule has 4 nitrogen and oxygen atoms in total. The number of benzene rings is 2. The zero-order valence-electron chi connectivity index (χ0n) is 14.6. The molecule has 6 heteroatoms.